The highest BCUT2D eigenvalue weighted by molar-refractivity contribution is 6.09. The Kier molecular flexibility index (Phi) is 5.73. The topological polar surface area (TPSA) is 88.2 Å². The Balaban J connectivity index is 1.84. The van der Waals surface area contributed by atoms with Crippen LogP contribution in [0.25, 0.3) is 0 Å². The molecule has 0 unspecified atom stereocenters. The molecule has 0 aromatic heterocycles. The fourth-order valence-electron chi connectivity index (χ4n) is 3.90. The van der Waals surface area contributed by atoms with E-state index >= 15 is 0 Å². The van der Waals surface area contributed by atoms with Crippen molar-refractivity contribution in [1.29, 1.82) is 0 Å². The minimum atomic E-state index is -1.28. The van der Waals surface area contributed by atoms with E-state index in [2.05, 4.69) is 5.32 Å². The third-order valence-corrected chi connectivity index (χ3v) is 5.29. The fourth-order valence-corrected chi connectivity index (χ4v) is 3.90. The van der Waals surface area contributed by atoms with Crippen LogP contribution in [0.3, 0.4) is 0 Å². The second-order valence-electron chi connectivity index (χ2n) is 8.15. The van der Waals surface area contributed by atoms with E-state index in [1.54, 1.807) is 30.0 Å². The number of carbonyl (C=O) groups is 3. The van der Waals surface area contributed by atoms with Crippen molar-refractivity contribution < 1.29 is 23.9 Å². The standard InChI is InChI=1S/C21H29N3O5/c1-13(2)24(14(3)4)18(25)12-23-19(26)21(5,22-20(23)27)15-7-8-16-17(11-15)29-10-6-9-28-16/h7-8,11,13-14H,6,9-10,12H2,1-5H3,(H,22,27)/t21-/m0/s1. The van der Waals surface area contributed by atoms with Gasteiger partial charge >= 0.3 is 6.03 Å². The van der Waals surface area contributed by atoms with Crippen molar-refractivity contribution in [3.8, 4) is 11.5 Å². The molecule has 1 aromatic rings. The monoisotopic (exact) mass is 403 g/mol. The summed E-state index contributed by atoms with van der Waals surface area (Å²) in [4.78, 5) is 41.2. The van der Waals surface area contributed by atoms with E-state index in [1.807, 2.05) is 27.7 Å². The van der Waals surface area contributed by atoms with Crippen molar-refractivity contribution in [3.05, 3.63) is 23.8 Å². The van der Waals surface area contributed by atoms with Gasteiger partial charge in [0.1, 0.15) is 12.1 Å². The van der Waals surface area contributed by atoms with Crippen molar-refractivity contribution >= 4 is 17.8 Å². The van der Waals surface area contributed by atoms with Gasteiger partial charge in [-0.2, -0.15) is 0 Å². The minimum Gasteiger partial charge on any atom is -0.490 e. The van der Waals surface area contributed by atoms with E-state index in [0.717, 1.165) is 11.3 Å². The van der Waals surface area contributed by atoms with Gasteiger partial charge in [-0.1, -0.05) is 6.07 Å². The third kappa shape index (κ3) is 3.88. The predicted molar refractivity (Wildman–Crippen MR) is 107 cm³/mol. The van der Waals surface area contributed by atoms with Gasteiger partial charge in [-0.15, -0.1) is 0 Å². The summed E-state index contributed by atoms with van der Waals surface area (Å²) in [6.07, 6.45) is 0.773. The quantitative estimate of drug-likeness (QED) is 0.762. The Morgan fingerprint density at radius 1 is 1.14 bits per heavy atom. The normalized spacial score (nSPS) is 21.4. The van der Waals surface area contributed by atoms with Crippen molar-refractivity contribution in [2.24, 2.45) is 0 Å². The number of carbonyl (C=O) groups excluding carboxylic acids is 3. The van der Waals surface area contributed by atoms with Gasteiger partial charge in [0.2, 0.25) is 5.91 Å². The first-order valence-corrected chi connectivity index (χ1v) is 10.0. The SMILES string of the molecule is CC(C)N(C(=O)CN1C(=O)N[C@@](C)(c2ccc3c(c2)OCCCO3)C1=O)C(C)C. The molecule has 1 fully saturated rings. The Bertz CT molecular complexity index is 815. The molecule has 8 heteroatoms. The summed E-state index contributed by atoms with van der Waals surface area (Å²) < 4.78 is 11.3. The number of hydrogen-bond donors (Lipinski definition) is 1. The van der Waals surface area contributed by atoms with Gasteiger partial charge in [0, 0.05) is 18.5 Å². The second-order valence-corrected chi connectivity index (χ2v) is 8.15. The molecule has 0 aliphatic carbocycles. The highest BCUT2D eigenvalue weighted by Crippen LogP contribution is 2.36. The van der Waals surface area contributed by atoms with E-state index in [4.69, 9.17) is 9.47 Å². The molecular weight excluding hydrogens is 374 g/mol. The number of ether oxygens (including phenoxy) is 2. The molecule has 1 aromatic carbocycles. The number of fused-ring (bicyclic) bond motifs is 1. The molecule has 158 valence electrons. The maximum atomic E-state index is 13.2. The average Bonchev–Trinajstić information content (AvgIpc) is 2.82. The Morgan fingerprint density at radius 3 is 2.38 bits per heavy atom. The lowest BCUT2D eigenvalue weighted by molar-refractivity contribution is -0.141. The number of nitrogens with one attached hydrogen (secondary N) is 1. The molecule has 2 aliphatic rings. The lowest BCUT2D eigenvalue weighted by atomic mass is 9.91. The van der Waals surface area contributed by atoms with Gasteiger partial charge in [0.15, 0.2) is 11.5 Å². The maximum absolute atomic E-state index is 13.2. The van der Waals surface area contributed by atoms with E-state index in [1.165, 1.54) is 0 Å². The van der Waals surface area contributed by atoms with Crippen LogP contribution in [0.2, 0.25) is 0 Å². The third-order valence-electron chi connectivity index (χ3n) is 5.29. The number of hydrogen-bond acceptors (Lipinski definition) is 5. The zero-order valence-corrected chi connectivity index (χ0v) is 17.7. The average molecular weight is 403 g/mol. The van der Waals surface area contributed by atoms with Crippen LogP contribution >= 0.6 is 0 Å². The van der Waals surface area contributed by atoms with Gasteiger partial charge in [-0.25, -0.2) is 4.79 Å². The molecule has 1 N–H and O–H groups in total. The van der Waals surface area contributed by atoms with E-state index < -0.39 is 17.5 Å². The van der Waals surface area contributed by atoms with Crippen molar-refractivity contribution in [2.75, 3.05) is 19.8 Å². The van der Waals surface area contributed by atoms with Crippen LogP contribution in [0, 0.1) is 0 Å². The Labute approximate surface area is 171 Å². The van der Waals surface area contributed by atoms with Gasteiger partial charge in [0.25, 0.3) is 5.91 Å². The van der Waals surface area contributed by atoms with Crippen LogP contribution in [0.15, 0.2) is 18.2 Å². The van der Waals surface area contributed by atoms with Crippen molar-refractivity contribution in [3.63, 3.8) is 0 Å². The van der Waals surface area contributed by atoms with E-state index in [0.29, 0.717) is 30.3 Å². The predicted octanol–water partition coefficient (Wildman–Crippen LogP) is 2.26. The second kappa shape index (κ2) is 7.93. The molecule has 29 heavy (non-hydrogen) atoms. The van der Waals surface area contributed by atoms with Crippen LogP contribution in [0.4, 0.5) is 4.79 Å². The molecule has 1 atom stereocenters. The molecule has 3 rings (SSSR count). The molecule has 0 saturated carbocycles. The molecule has 0 bridgehead atoms. The summed E-state index contributed by atoms with van der Waals surface area (Å²) in [7, 11) is 0. The summed E-state index contributed by atoms with van der Waals surface area (Å²) in [5.74, 6) is 0.436. The summed E-state index contributed by atoms with van der Waals surface area (Å²) in [6, 6.07) is 4.57. The van der Waals surface area contributed by atoms with Gasteiger partial charge in [-0.05, 0) is 52.3 Å². The highest BCUT2D eigenvalue weighted by atomic mass is 16.5. The summed E-state index contributed by atoms with van der Waals surface area (Å²) in [5, 5.41) is 2.74. The first-order valence-electron chi connectivity index (χ1n) is 10.0. The molecule has 0 spiro atoms. The van der Waals surface area contributed by atoms with E-state index in [-0.39, 0.29) is 24.5 Å². The Hall–Kier alpha value is -2.77. The Morgan fingerprint density at radius 2 is 1.76 bits per heavy atom. The molecule has 4 amide bonds. The molecule has 0 radical (unpaired) electrons. The number of imide groups is 1. The highest BCUT2D eigenvalue weighted by Gasteiger charge is 2.50. The zero-order valence-electron chi connectivity index (χ0n) is 17.7. The van der Waals surface area contributed by atoms with Crippen molar-refractivity contribution in [1.82, 2.24) is 15.1 Å². The number of nitrogens with zero attached hydrogens (tertiary/aromatic N) is 2. The van der Waals surface area contributed by atoms with Gasteiger partial charge in [-0.3, -0.25) is 14.5 Å². The van der Waals surface area contributed by atoms with E-state index in [9.17, 15) is 14.4 Å². The fraction of sp³-hybridized carbons (Fsp3) is 0.571. The summed E-state index contributed by atoms with van der Waals surface area (Å²) in [6.45, 7) is 10.1. The van der Waals surface area contributed by atoms with Crippen LogP contribution in [-0.4, -0.2) is 59.5 Å². The van der Waals surface area contributed by atoms with Crippen LogP contribution in [0.5, 0.6) is 11.5 Å². The number of rotatable bonds is 5. The van der Waals surface area contributed by atoms with Crippen LogP contribution in [-0.2, 0) is 15.1 Å². The number of amides is 4. The molecule has 8 nitrogen and oxygen atoms in total. The largest absolute Gasteiger partial charge is 0.490 e. The molecule has 1 saturated heterocycles. The lowest BCUT2D eigenvalue weighted by Crippen LogP contribution is -2.49. The summed E-state index contributed by atoms with van der Waals surface area (Å²) >= 11 is 0. The summed E-state index contributed by atoms with van der Waals surface area (Å²) in [5.41, 5.74) is -0.692. The van der Waals surface area contributed by atoms with Crippen molar-refractivity contribution in [2.45, 2.75) is 58.7 Å². The molecule has 2 heterocycles. The smallest absolute Gasteiger partial charge is 0.325 e. The first-order chi connectivity index (χ1) is 13.6. The van der Waals surface area contributed by atoms with Gasteiger partial charge < -0.3 is 19.7 Å². The van der Waals surface area contributed by atoms with Crippen LogP contribution in [0.1, 0.15) is 46.6 Å². The molecule has 2 aliphatic heterocycles. The zero-order chi connectivity index (χ0) is 21.3. The minimum absolute atomic E-state index is 0.0311. The first kappa shape index (κ1) is 21.0. The maximum Gasteiger partial charge on any atom is 0.325 e. The van der Waals surface area contributed by atoms with Crippen LogP contribution < -0.4 is 14.8 Å². The number of benzene rings is 1. The van der Waals surface area contributed by atoms with Gasteiger partial charge in [0.05, 0.1) is 13.2 Å². The number of urea groups is 1. The lowest BCUT2D eigenvalue weighted by Gasteiger charge is -2.32. The molecular formula is C21H29N3O5.